The first-order valence-corrected chi connectivity index (χ1v) is 13.2. The molecule has 0 aliphatic carbocycles. The predicted molar refractivity (Wildman–Crippen MR) is 147 cm³/mol. The molecule has 3 atom stereocenters. The van der Waals surface area contributed by atoms with E-state index in [9.17, 15) is 24.6 Å². The van der Waals surface area contributed by atoms with Crippen molar-refractivity contribution in [1.82, 2.24) is 4.90 Å². The van der Waals surface area contributed by atoms with Crippen LogP contribution in [0.15, 0.2) is 67.3 Å². The Labute approximate surface area is 227 Å². The van der Waals surface area contributed by atoms with Gasteiger partial charge in [-0.3, -0.25) is 19.3 Å². The third-order valence-electron chi connectivity index (χ3n) is 7.81. The van der Waals surface area contributed by atoms with Gasteiger partial charge in [-0.2, -0.15) is 0 Å². The Morgan fingerprint density at radius 1 is 1.23 bits per heavy atom. The maximum atomic E-state index is 13.6. The fraction of sp³-hybridized carbons (Fsp3) is 0.367. The summed E-state index contributed by atoms with van der Waals surface area (Å²) < 4.78 is 5.57. The van der Waals surface area contributed by atoms with Gasteiger partial charge in [0, 0.05) is 36.7 Å². The van der Waals surface area contributed by atoms with Crippen LogP contribution in [-0.2, 0) is 20.0 Å². The van der Waals surface area contributed by atoms with E-state index >= 15 is 0 Å². The Kier molecular flexibility index (Phi) is 7.29. The second-order valence-electron chi connectivity index (χ2n) is 10.1. The van der Waals surface area contributed by atoms with Gasteiger partial charge < -0.3 is 24.7 Å². The number of aliphatic hydroxyl groups excluding tert-OH is 1. The number of hydrogen-bond acceptors (Lipinski definition) is 6. The third kappa shape index (κ3) is 4.51. The largest absolute Gasteiger partial charge is 0.482 e. The Bertz CT molecular complexity index is 1340. The van der Waals surface area contributed by atoms with Gasteiger partial charge in [0.1, 0.15) is 5.75 Å². The minimum absolute atomic E-state index is 0.0610. The molecule has 2 N–H and O–H groups in total. The molecule has 0 aromatic heterocycles. The molecule has 0 spiro atoms. The monoisotopic (exact) mass is 531 g/mol. The molecule has 9 nitrogen and oxygen atoms in total. The van der Waals surface area contributed by atoms with Crippen molar-refractivity contribution in [3.8, 4) is 5.75 Å². The van der Waals surface area contributed by atoms with Crippen LogP contribution in [0.3, 0.4) is 0 Å². The molecule has 9 heteroatoms. The van der Waals surface area contributed by atoms with E-state index in [1.807, 2.05) is 12.1 Å². The van der Waals surface area contributed by atoms with E-state index in [4.69, 9.17) is 4.74 Å². The van der Waals surface area contributed by atoms with Crippen LogP contribution in [0, 0.1) is 5.92 Å². The highest BCUT2D eigenvalue weighted by Gasteiger charge is 2.52. The number of nitrogens with zero attached hydrogens (tertiary/aromatic N) is 3. The molecule has 0 unspecified atom stereocenters. The summed E-state index contributed by atoms with van der Waals surface area (Å²) in [4.78, 5) is 44.0. The van der Waals surface area contributed by atoms with Gasteiger partial charge in [0.25, 0.3) is 11.8 Å². The fourth-order valence-corrected chi connectivity index (χ4v) is 5.75. The number of anilines is 3. The van der Waals surface area contributed by atoms with Gasteiger partial charge in [-0.1, -0.05) is 37.3 Å². The van der Waals surface area contributed by atoms with E-state index in [1.165, 1.54) is 9.80 Å². The van der Waals surface area contributed by atoms with Gasteiger partial charge in [0.15, 0.2) is 12.2 Å². The van der Waals surface area contributed by atoms with Crippen LogP contribution in [-0.4, -0.2) is 65.2 Å². The van der Waals surface area contributed by atoms with E-state index in [2.05, 4.69) is 6.58 Å². The summed E-state index contributed by atoms with van der Waals surface area (Å²) in [5, 5.41) is 21.5. The average Bonchev–Trinajstić information content (AvgIpc) is 3.51. The van der Waals surface area contributed by atoms with Crippen molar-refractivity contribution in [2.24, 2.45) is 5.92 Å². The first-order valence-electron chi connectivity index (χ1n) is 13.2. The van der Waals surface area contributed by atoms with Crippen molar-refractivity contribution >= 4 is 34.8 Å². The number of hydrogen-bond donors (Lipinski definition) is 2. The highest BCUT2D eigenvalue weighted by molar-refractivity contribution is 6.09. The van der Waals surface area contributed by atoms with E-state index < -0.39 is 17.4 Å². The maximum Gasteiger partial charge on any atom is 0.269 e. The molecule has 39 heavy (non-hydrogen) atoms. The molecule has 3 heterocycles. The zero-order valence-corrected chi connectivity index (χ0v) is 22.0. The van der Waals surface area contributed by atoms with Gasteiger partial charge in [0.2, 0.25) is 5.91 Å². The van der Waals surface area contributed by atoms with Crippen LogP contribution in [0.4, 0.5) is 17.1 Å². The van der Waals surface area contributed by atoms with Gasteiger partial charge >= 0.3 is 0 Å². The molecule has 3 amide bonds. The number of carbonyl (C=O) groups is 3. The van der Waals surface area contributed by atoms with Crippen LogP contribution < -0.4 is 14.5 Å². The molecule has 5 rings (SSSR count). The zero-order chi connectivity index (χ0) is 27.7. The second kappa shape index (κ2) is 10.7. The molecular formula is C30H33N3O6. The van der Waals surface area contributed by atoms with Crippen molar-refractivity contribution in [2.75, 3.05) is 36.1 Å². The summed E-state index contributed by atoms with van der Waals surface area (Å²) in [6.45, 7) is 6.12. The van der Waals surface area contributed by atoms with Crippen LogP contribution in [0.2, 0.25) is 0 Å². The van der Waals surface area contributed by atoms with E-state index in [0.717, 1.165) is 12.8 Å². The summed E-state index contributed by atoms with van der Waals surface area (Å²) in [6, 6.07) is 12.2. The molecule has 1 saturated heterocycles. The zero-order valence-electron chi connectivity index (χ0n) is 22.0. The summed E-state index contributed by atoms with van der Waals surface area (Å²) in [7, 11) is 0. The average molecular weight is 532 g/mol. The molecule has 0 radical (unpaired) electrons. The number of benzene rings is 2. The van der Waals surface area contributed by atoms with Crippen LogP contribution in [0.1, 0.15) is 31.7 Å². The van der Waals surface area contributed by atoms with Crippen molar-refractivity contribution in [1.29, 1.82) is 0 Å². The number of para-hydroxylation sites is 2. The Hall–Kier alpha value is -3.95. The molecule has 1 fully saturated rings. The molecular weight excluding hydrogens is 498 g/mol. The van der Waals surface area contributed by atoms with Crippen molar-refractivity contribution in [2.45, 2.75) is 37.8 Å². The molecule has 204 valence electrons. The summed E-state index contributed by atoms with van der Waals surface area (Å²) in [6.07, 6.45) is 6.70. The number of ether oxygens (including phenoxy) is 1. The first-order chi connectivity index (χ1) is 18.8. The fourth-order valence-electron chi connectivity index (χ4n) is 5.75. The number of likely N-dealkylation sites (tertiary alicyclic amines) is 1. The summed E-state index contributed by atoms with van der Waals surface area (Å²) in [5.74, 6) is -0.966. The lowest BCUT2D eigenvalue weighted by Gasteiger charge is -2.31. The molecule has 2 aromatic carbocycles. The van der Waals surface area contributed by atoms with E-state index in [1.54, 1.807) is 60.4 Å². The second-order valence-corrected chi connectivity index (χ2v) is 10.1. The number of carbonyl (C=O) groups excluding carboxylic acids is 3. The minimum atomic E-state index is -1.91. The SMILES string of the molecule is C=CCN1C(=O)[C@](O)([C@H](C)/C=C/CC(=O)N2CCC[C@H]2CO)c2cc(N3C(=O)COc4ccccc43)ccc21. The molecule has 0 saturated carbocycles. The molecule has 2 aromatic rings. The maximum absolute atomic E-state index is 13.6. The number of fused-ring (bicyclic) bond motifs is 2. The van der Waals surface area contributed by atoms with E-state index in [-0.39, 0.29) is 44.0 Å². The highest BCUT2D eigenvalue weighted by Crippen LogP contribution is 2.48. The van der Waals surface area contributed by atoms with Gasteiger partial charge in [-0.05, 0) is 43.2 Å². The van der Waals surface area contributed by atoms with Gasteiger partial charge in [0.05, 0.1) is 24.0 Å². The molecule has 0 bridgehead atoms. The van der Waals surface area contributed by atoms with Crippen molar-refractivity contribution < 1.29 is 29.3 Å². The van der Waals surface area contributed by atoms with Crippen LogP contribution >= 0.6 is 0 Å². The molecule has 3 aliphatic rings. The number of amides is 3. The Morgan fingerprint density at radius 3 is 2.79 bits per heavy atom. The van der Waals surface area contributed by atoms with Crippen LogP contribution in [0.25, 0.3) is 0 Å². The third-order valence-corrected chi connectivity index (χ3v) is 7.81. The normalized spacial score (nSPS) is 23.2. The van der Waals surface area contributed by atoms with Crippen LogP contribution in [0.5, 0.6) is 5.75 Å². The molecule has 3 aliphatic heterocycles. The smallest absolute Gasteiger partial charge is 0.269 e. The van der Waals surface area contributed by atoms with Gasteiger partial charge in [-0.15, -0.1) is 6.58 Å². The number of rotatable bonds is 8. The Morgan fingerprint density at radius 2 is 2.03 bits per heavy atom. The lowest BCUT2D eigenvalue weighted by atomic mass is 9.82. The minimum Gasteiger partial charge on any atom is -0.482 e. The van der Waals surface area contributed by atoms with E-state index in [0.29, 0.717) is 34.9 Å². The lowest BCUT2D eigenvalue weighted by molar-refractivity contribution is -0.139. The van der Waals surface area contributed by atoms with Crippen molar-refractivity contribution in [3.63, 3.8) is 0 Å². The lowest BCUT2D eigenvalue weighted by Crippen LogP contribution is -2.44. The highest BCUT2D eigenvalue weighted by atomic mass is 16.5. The van der Waals surface area contributed by atoms with Gasteiger partial charge in [-0.25, -0.2) is 0 Å². The van der Waals surface area contributed by atoms with Crippen molar-refractivity contribution in [3.05, 3.63) is 72.8 Å². The number of aliphatic hydroxyl groups is 2. The standard InChI is InChI=1S/C30H33N3O6/c1-3-15-32-24-14-13-21(33-25-10-4-5-11-26(25)39-19-28(33)36)17-23(24)30(38,29(32)37)20(2)8-6-12-27(35)31-16-7-9-22(31)18-34/h3-6,8,10-11,13-14,17,20,22,34,38H,1,7,9,12,15-16,18-19H2,2H3/b8-6+/t20-,22+,30+/m1/s1. The quantitative estimate of drug-likeness (QED) is 0.507. The summed E-state index contributed by atoms with van der Waals surface area (Å²) in [5.41, 5.74) is 0.103. The summed E-state index contributed by atoms with van der Waals surface area (Å²) >= 11 is 0. The first kappa shape index (κ1) is 26.6. The Balaban J connectivity index is 1.47. The predicted octanol–water partition coefficient (Wildman–Crippen LogP) is 3.03. The topological polar surface area (TPSA) is 111 Å².